The third-order valence-corrected chi connectivity index (χ3v) is 4.96. The van der Waals surface area contributed by atoms with E-state index in [0.717, 1.165) is 16.7 Å². The molecular weight excluding hydrogens is 298 g/mol. The molecule has 0 atom stereocenters. The van der Waals surface area contributed by atoms with Gasteiger partial charge in [0.15, 0.2) is 0 Å². The maximum atomic E-state index is 12.7. The number of rotatable bonds is 5. The van der Waals surface area contributed by atoms with Crippen LogP contribution in [0.4, 0.5) is 5.69 Å². The Morgan fingerprint density at radius 3 is 2.27 bits per heavy atom. The predicted molar refractivity (Wildman–Crippen MR) is 89.1 cm³/mol. The molecule has 0 fully saturated rings. The van der Waals surface area contributed by atoms with Gasteiger partial charge in [-0.3, -0.25) is 4.72 Å². The predicted octanol–water partition coefficient (Wildman–Crippen LogP) is 3.81. The van der Waals surface area contributed by atoms with Gasteiger partial charge in [-0.05, 0) is 51.0 Å². The first-order chi connectivity index (χ1) is 10.3. The maximum absolute atomic E-state index is 12.7. The monoisotopic (exact) mass is 319 g/mol. The molecule has 0 radical (unpaired) electrons. The molecule has 0 amide bonds. The quantitative estimate of drug-likeness (QED) is 0.911. The zero-order valence-corrected chi connectivity index (χ0v) is 14.1. The van der Waals surface area contributed by atoms with Crippen LogP contribution in [0.25, 0.3) is 0 Å². The molecule has 1 N–H and O–H groups in total. The van der Waals surface area contributed by atoms with Gasteiger partial charge in [-0.15, -0.1) is 0 Å². The molecule has 2 aromatic carbocycles. The molecule has 0 aliphatic carbocycles. The molecule has 118 valence electrons. The molecule has 0 saturated heterocycles. The van der Waals surface area contributed by atoms with Crippen molar-refractivity contribution >= 4 is 15.7 Å². The van der Waals surface area contributed by atoms with Crippen molar-refractivity contribution in [2.24, 2.45) is 0 Å². The van der Waals surface area contributed by atoms with Crippen molar-refractivity contribution in [2.75, 3.05) is 11.3 Å². The Kier molecular flexibility index (Phi) is 4.76. The van der Waals surface area contributed by atoms with E-state index in [0.29, 0.717) is 22.9 Å². The highest BCUT2D eigenvalue weighted by molar-refractivity contribution is 7.92. The molecule has 22 heavy (non-hydrogen) atoms. The van der Waals surface area contributed by atoms with Crippen molar-refractivity contribution in [3.05, 3.63) is 53.1 Å². The average molecular weight is 319 g/mol. The highest BCUT2D eigenvalue weighted by Crippen LogP contribution is 2.25. The first kappa shape index (κ1) is 16.4. The minimum absolute atomic E-state index is 0.333. The van der Waals surface area contributed by atoms with E-state index in [2.05, 4.69) is 4.72 Å². The summed E-state index contributed by atoms with van der Waals surface area (Å²) in [6.45, 7) is 7.99. The summed E-state index contributed by atoms with van der Waals surface area (Å²) >= 11 is 0. The van der Waals surface area contributed by atoms with Crippen molar-refractivity contribution in [3.63, 3.8) is 0 Å². The molecule has 0 bridgehead atoms. The van der Waals surface area contributed by atoms with Gasteiger partial charge < -0.3 is 4.74 Å². The lowest BCUT2D eigenvalue weighted by Gasteiger charge is -2.14. The van der Waals surface area contributed by atoms with E-state index in [9.17, 15) is 8.42 Å². The summed E-state index contributed by atoms with van der Waals surface area (Å²) in [5, 5.41) is 0. The fourth-order valence-electron chi connectivity index (χ4n) is 2.61. The Balaban J connectivity index is 2.38. The van der Waals surface area contributed by atoms with Gasteiger partial charge in [0.2, 0.25) is 0 Å². The zero-order chi connectivity index (χ0) is 16.3. The molecule has 0 saturated carbocycles. The Morgan fingerprint density at radius 1 is 1.05 bits per heavy atom. The van der Waals surface area contributed by atoms with Crippen LogP contribution in [0.5, 0.6) is 5.75 Å². The Bertz CT molecular complexity index is 759. The number of hydrogen-bond donors (Lipinski definition) is 1. The first-order valence-electron chi connectivity index (χ1n) is 7.17. The molecule has 0 unspecified atom stereocenters. The maximum Gasteiger partial charge on any atom is 0.262 e. The third-order valence-electron chi connectivity index (χ3n) is 3.27. The molecule has 0 spiro atoms. The second kappa shape index (κ2) is 6.40. The van der Waals surface area contributed by atoms with Crippen LogP contribution in [0.1, 0.15) is 23.6 Å². The molecule has 0 aliphatic rings. The summed E-state index contributed by atoms with van der Waals surface area (Å²) in [4.78, 5) is 0.333. The van der Waals surface area contributed by atoms with Crippen LogP contribution in [-0.2, 0) is 10.0 Å². The minimum atomic E-state index is -3.63. The molecular formula is C17H21NO3S. The third kappa shape index (κ3) is 3.60. The van der Waals surface area contributed by atoms with Crippen LogP contribution in [0.15, 0.2) is 41.3 Å². The van der Waals surface area contributed by atoms with Crippen molar-refractivity contribution in [1.82, 2.24) is 0 Å². The number of benzene rings is 2. The van der Waals surface area contributed by atoms with Gasteiger partial charge in [0.1, 0.15) is 5.75 Å². The van der Waals surface area contributed by atoms with E-state index >= 15 is 0 Å². The highest BCUT2D eigenvalue weighted by atomic mass is 32.2. The number of hydrogen-bond acceptors (Lipinski definition) is 3. The lowest BCUT2D eigenvalue weighted by molar-refractivity contribution is 0.340. The number of aryl methyl sites for hydroxylation is 3. The minimum Gasteiger partial charge on any atom is -0.494 e. The first-order valence-corrected chi connectivity index (χ1v) is 8.65. The number of anilines is 1. The summed E-state index contributed by atoms with van der Waals surface area (Å²) in [6, 6.07) is 10.7. The van der Waals surface area contributed by atoms with Gasteiger partial charge in [0.05, 0.1) is 17.2 Å². The smallest absolute Gasteiger partial charge is 0.262 e. The zero-order valence-electron chi connectivity index (χ0n) is 13.3. The molecule has 2 aromatic rings. The molecule has 0 aromatic heterocycles. The van der Waals surface area contributed by atoms with E-state index in [-0.39, 0.29) is 0 Å². The second-order valence-corrected chi connectivity index (χ2v) is 6.91. The summed E-state index contributed by atoms with van der Waals surface area (Å²) in [5.41, 5.74) is 3.02. The van der Waals surface area contributed by atoms with E-state index in [1.54, 1.807) is 24.3 Å². The fourth-order valence-corrected chi connectivity index (χ4v) is 4.12. The van der Waals surface area contributed by atoms with Gasteiger partial charge >= 0.3 is 0 Å². The largest absolute Gasteiger partial charge is 0.494 e. The van der Waals surface area contributed by atoms with Gasteiger partial charge in [0.25, 0.3) is 10.0 Å². The highest BCUT2D eigenvalue weighted by Gasteiger charge is 2.20. The second-order valence-electron chi connectivity index (χ2n) is 5.29. The SMILES string of the molecule is CCOc1cccc(NS(=O)(=O)c2c(C)cc(C)cc2C)c1. The van der Waals surface area contributed by atoms with Crippen LogP contribution in [0, 0.1) is 20.8 Å². The Morgan fingerprint density at radius 2 is 1.68 bits per heavy atom. The van der Waals surface area contributed by atoms with Crippen LogP contribution >= 0.6 is 0 Å². The fraction of sp³-hybridized carbons (Fsp3) is 0.294. The lowest BCUT2D eigenvalue weighted by atomic mass is 10.1. The van der Waals surface area contributed by atoms with Gasteiger partial charge in [0, 0.05) is 6.07 Å². The average Bonchev–Trinajstić information content (AvgIpc) is 2.36. The van der Waals surface area contributed by atoms with Crippen molar-refractivity contribution < 1.29 is 13.2 Å². The Labute approximate surface area is 132 Å². The van der Waals surface area contributed by atoms with Crippen molar-refractivity contribution in [1.29, 1.82) is 0 Å². The van der Waals surface area contributed by atoms with E-state index < -0.39 is 10.0 Å². The van der Waals surface area contributed by atoms with Crippen LogP contribution in [0.2, 0.25) is 0 Å². The number of nitrogens with one attached hydrogen (secondary N) is 1. The molecule has 0 aliphatic heterocycles. The van der Waals surface area contributed by atoms with Crippen molar-refractivity contribution in [2.45, 2.75) is 32.6 Å². The molecule has 4 nitrogen and oxygen atoms in total. The van der Waals surface area contributed by atoms with E-state index in [1.165, 1.54) is 0 Å². The van der Waals surface area contributed by atoms with Crippen LogP contribution < -0.4 is 9.46 Å². The molecule has 2 rings (SSSR count). The lowest BCUT2D eigenvalue weighted by Crippen LogP contribution is -2.16. The standard InChI is InChI=1S/C17H21NO3S/c1-5-21-16-8-6-7-15(11-16)18-22(19,20)17-13(3)9-12(2)10-14(17)4/h6-11,18H,5H2,1-4H3. The molecule has 5 heteroatoms. The topological polar surface area (TPSA) is 55.4 Å². The number of sulfonamides is 1. The van der Waals surface area contributed by atoms with Crippen molar-refractivity contribution in [3.8, 4) is 5.75 Å². The van der Waals surface area contributed by atoms with Gasteiger partial charge in [-0.2, -0.15) is 0 Å². The molecule has 0 heterocycles. The van der Waals surface area contributed by atoms with E-state index in [1.807, 2.05) is 39.8 Å². The normalized spacial score (nSPS) is 11.3. The van der Waals surface area contributed by atoms with Gasteiger partial charge in [-0.1, -0.05) is 23.8 Å². The Hall–Kier alpha value is -2.01. The summed E-state index contributed by atoms with van der Waals surface area (Å²) in [6.07, 6.45) is 0. The van der Waals surface area contributed by atoms with E-state index in [4.69, 9.17) is 4.74 Å². The number of ether oxygens (including phenoxy) is 1. The van der Waals surface area contributed by atoms with Gasteiger partial charge in [-0.25, -0.2) is 8.42 Å². The summed E-state index contributed by atoms with van der Waals surface area (Å²) in [7, 11) is -3.63. The van der Waals surface area contributed by atoms with Crippen LogP contribution in [-0.4, -0.2) is 15.0 Å². The van der Waals surface area contributed by atoms with Crippen LogP contribution in [0.3, 0.4) is 0 Å². The summed E-state index contributed by atoms with van der Waals surface area (Å²) in [5.74, 6) is 0.639. The summed E-state index contributed by atoms with van der Waals surface area (Å²) < 4.78 is 33.4.